The molecule has 0 spiro atoms. The van der Waals surface area contributed by atoms with Crippen LogP contribution in [0.15, 0.2) is 71.3 Å². The van der Waals surface area contributed by atoms with Crippen LogP contribution in [-0.2, 0) is 9.59 Å². The summed E-state index contributed by atoms with van der Waals surface area (Å²) in [6.45, 7) is -0.570. The number of ether oxygens (including phenoxy) is 1. The molecule has 1 aliphatic heterocycles. The SMILES string of the molecule is O=C(CN(C(=O)c1ccc(Cl)cc1)N1C(=O)[C@H]2C[C@H](Br)[C@@H](Br)C[C@H]2C1=O)c1ccc(OC(=O)c2ccco2)cc1. The van der Waals surface area contributed by atoms with E-state index in [1.165, 1.54) is 60.9 Å². The second kappa shape index (κ2) is 11.7. The first-order valence-electron chi connectivity index (χ1n) is 12.3. The lowest BCUT2D eigenvalue weighted by Gasteiger charge is -2.30. The summed E-state index contributed by atoms with van der Waals surface area (Å²) in [6.07, 6.45) is 2.17. The number of furan rings is 1. The number of hydrazine groups is 1. The second-order valence-corrected chi connectivity index (χ2v) is 12.2. The molecule has 0 N–H and O–H groups in total. The molecule has 206 valence electrons. The number of rotatable bonds is 7. The molecular formula is C28H21Br2ClN2O7. The number of esters is 1. The Morgan fingerprint density at radius 1 is 0.900 bits per heavy atom. The molecule has 2 heterocycles. The Morgan fingerprint density at radius 2 is 1.48 bits per heavy atom. The Labute approximate surface area is 250 Å². The summed E-state index contributed by atoms with van der Waals surface area (Å²) in [5.41, 5.74) is 0.342. The minimum Gasteiger partial charge on any atom is -0.457 e. The van der Waals surface area contributed by atoms with E-state index in [2.05, 4.69) is 31.9 Å². The smallest absolute Gasteiger partial charge is 0.379 e. The van der Waals surface area contributed by atoms with Gasteiger partial charge in [0.1, 0.15) is 12.3 Å². The molecule has 5 rings (SSSR count). The zero-order valence-electron chi connectivity index (χ0n) is 20.7. The maximum Gasteiger partial charge on any atom is 0.379 e. The van der Waals surface area contributed by atoms with Crippen LogP contribution in [0.2, 0.25) is 5.02 Å². The van der Waals surface area contributed by atoms with Crippen molar-refractivity contribution in [1.82, 2.24) is 10.0 Å². The van der Waals surface area contributed by atoms with E-state index in [9.17, 15) is 24.0 Å². The summed E-state index contributed by atoms with van der Waals surface area (Å²) in [5.74, 6) is -3.98. The Bertz CT molecular complexity index is 1430. The Morgan fingerprint density at radius 3 is 2.02 bits per heavy atom. The first kappa shape index (κ1) is 28.3. The zero-order chi connectivity index (χ0) is 28.6. The van der Waals surface area contributed by atoms with Crippen molar-refractivity contribution >= 4 is 72.9 Å². The summed E-state index contributed by atoms with van der Waals surface area (Å²) in [4.78, 5) is 66.0. The van der Waals surface area contributed by atoms with Crippen LogP contribution in [0.3, 0.4) is 0 Å². The van der Waals surface area contributed by atoms with Crippen LogP contribution in [0.1, 0.15) is 44.1 Å². The number of carbonyl (C=O) groups excluding carboxylic acids is 5. The number of halogens is 3. The van der Waals surface area contributed by atoms with E-state index in [4.69, 9.17) is 20.8 Å². The average Bonchev–Trinajstić information content (AvgIpc) is 3.56. The first-order chi connectivity index (χ1) is 19.1. The molecule has 9 nitrogen and oxygen atoms in total. The van der Waals surface area contributed by atoms with E-state index in [-0.39, 0.29) is 32.3 Å². The number of amides is 3. The van der Waals surface area contributed by atoms with E-state index in [0.717, 1.165) is 10.0 Å². The highest BCUT2D eigenvalue weighted by Crippen LogP contribution is 2.43. The highest BCUT2D eigenvalue weighted by atomic mass is 79.9. The third kappa shape index (κ3) is 5.63. The van der Waals surface area contributed by atoms with Gasteiger partial charge in [-0.15, -0.1) is 0 Å². The molecule has 12 heteroatoms. The van der Waals surface area contributed by atoms with Crippen molar-refractivity contribution in [3.05, 3.63) is 88.8 Å². The minimum atomic E-state index is -0.701. The predicted molar refractivity (Wildman–Crippen MR) is 150 cm³/mol. The largest absolute Gasteiger partial charge is 0.457 e. The molecule has 2 aromatic carbocycles. The number of nitrogens with zero attached hydrogens (tertiary/aromatic N) is 2. The van der Waals surface area contributed by atoms with Crippen LogP contribution < -0.4 is 4.74 Å². The lowest BCUT2D eigenvalue weighted by Crippen LogP contribution is -2.52. The Kier molecular flexibility index (Phi) is 8.25. The molecule has 1 saturated carbocycles. The molecule has 3 amide bonds. The normalized spacial score (nSPS) is 22.1. The molecule has 1 aliphatic carbocycles. The van der Waals surface area contributed by atoms with Gasteiger partial charge in [0.25, 0.3) is 17.7 Å². The van der Waals surface area contributed by atoms with Gasteiger partial charge in [0.05, 0.1) is 18.1 Å². The molecule has 0 radical (unpaired) electrons. The van der Waals surface area contributed by atoms with E-state index in [0.29, 0.717) is 17.9 Å². The van der Waals surface area contributed by atoms with E-state index in [1.54, 1.807) is 6.07 Å². The van der Waals surface area contributed by atoms with Gasteiger partial charge in [-0.1, -0.05) is 43.5 Å². The van der Waals surface area contributed by atoms with Crippen molar-refractivity contribution in [2.45, 2.75) is 22.5 Å². The monoisotopic (exact) mass is 690 g/mol. The van der Waals surface area contributed by atoms with Gasteiger partial charge in [-0.2, -0.15) is 5.01 Å². The number of alkyl halides is 2. The standard InChI is InChI=1S/C28H21Br2ClN2O7/c29-21-12-19-20(13-22(21)30)27(37)33(26(19)36)32(25(35)16-3-7-17(31)8-4-16)14-23(34)15-5-9-18(10-6-15)40-28(38)24-2-1-11-39-24/h1-11,19-22H,12-14H2/t19-,20+,21-,22-/m0/s1. The van der Waals surface area contributed by atoms with Gasteiger partial charge in [0.2, 0.25) is 5.76 Å². The molecule has 1 saturated heterocycles. The van der Waals surface area contributed by atoms with Gasteiger partial charge in [0.15, 0.2) is 5.78 Å². The number of hydrogen-bond donors (Lipinski definition) is 0. The van der Waals surface area contributed by atoms with Gasteiger partial charge in [-0.3, -0.25) is 19.2 Å². The van der Waals surface area contributed by atoms with Gasteiger partial charge < -0.3 is 9.15 Å². The molecule has 4 atom stereocenters. The lowest BCUT2D eigenvalue weighted by molar-refractivity contribution is -0.154. The lowest BCUT2D eigenvalue weighted by atomic mass is 9.81. The highest BCUT2D eigenvalue weighted by molar-refractivity contribution is 9.12. The van der Waals surface area contributed by atoms with Crippen LogP contribution in [0, 0.1) is 11.8 Å². The van der Waals surface area contributed by atoms with Crippen molar-refractivity contribution in [3.63, 3.8) is 0 Å². The summed E-state index contributed by atoms with van der Waals surface area (Å²) in [5, 5.41) is 2.14. The molecular weight excluding hydrogens is 672 g/mol. The van der Waals surface area contributed by atoms with Crippen molar-refractivity contribution in [2.24, 2.45) is 11.8 Å². The number of hydrogen-bond acceptors (Lipinski definition) is 7. The Balaban J connectivity index is 1.39. The quantitative estimate of drug-likeness (QED) is 0.108. The number of benzene rings is 2. The molecule has 1 aromatic heterocycles. The molecule has 0 unspecified atom stereocenters. The number of fused-ring (bicyclic) bond motifs is 1. The molecule has 3 aromatic rings. The van der Waals surface area contributed by atoms with Gasteiger partial charge in [0, 0.05) is 25.8 Å². The summed E-state index contributed by atoms with van der Waals surface area (Å²) in [6, 6.07) is 14.7. The van der Waals surface area contributed by atoms with Gasteiger partial charge in [-0.05, 0) is 73.5 Å². The third-order valence-electron chi connectivity index (χ3n) is 6.86. The summed E-state index contributed by atoms with van der Waals surface area (Å²) >= 11 is 13.1. The maximum absolute atomic E-state index is 13.6. The third-order valence-corrected chi connectivity index (χ3v) is 9.84. The summed E-state index contributed by atoms with van der Waals surface area (Å²) in [7, 11) is 0. The minimum absolute atomic E-state index is 0.0205. The molecule has 2 aliphatic rings. The van der Waals surface area contributed by atoms with Crippen LogP contribution >= 0.6 is 43.5 Å². The molecule has 40 heavy (non-hydrogen) atoms. The fourth-order valence-corrected chi connectivity index (χ4v) is 6.14. The van der Waals surface area contributed by atoms with Crippen molar-refractivity contribution in [3.8, 4) is 5.75 Å². The number of imide groups is 1. The van der Waals surface area contributed by atoms with Crippen LogP contribution in [0.4, 0.5) is 0 Å². The maximum atomic E-state index is 13.6. The van der Waals surface area contributed by atoms with Crippen LogP contribution in [0.25, 0.3) is 0 Å². The average molecular weight is 693 g/mol. The van der Waals surface area contributed by atoms with Crippen LogP contribution in [-0.4, -0.2) is 55.7 Å². The first-order valence-corrected chi connectivity index (χ1v) is 14.5. The van der Waals surface area contributed by atoms with Crippen molar-refractivity contribution in [1.29, 1.82) is 0 Å². The van der Waals surface area contributed by atoms with E-state index in [1.807, 2.05) is 0 Å². The van der Waals surface area contributed by atoms with Gasteiger partial charge in [-0.25, -0.2) is 9.80 Å². The van der Waals surface area contributed by atoms with E-state index < -0.39 is 47.9 Å². The van der Waals surface area contributed by atoms with E-state index >= 15 is 0 Å². The number of carbonyl (C=O) groups is 5. The fraction of sp³-hybridized carbons (Fsp3) is 0.250. The van der Waals surface area contributed by atoms with Crippen LogP contribution in [0.5, 0.6) is 5.75 Å². The Hall–Kier alpha value is -3.28. The topological polar surface area (TPSA) is 114 Å². The molecule has 0 bridgehead atoms. The zero-order valence-corrected chi connectivity index (χ0v) is 24.6. The molecule has 2 fully saturated rings. The highest BCUT2D eigenvalue weighted by Gasteiger charge is 2.54. The number of ketones is 1. The van der Waals surface area contributed by atoms with Gasteiger partial charge >= 0.3 is 5.97 Å². The van der Waals surface area contributed by atoms with Crippen molar-refractivity contribution < 1.29 is 33.1 Å². The van der Waals surface area contributed by atoms with Crippen molar-refractivity contribution in [2.75, 3.05) is 6.54 Å². The fourth-order valence-electron chi connectivity index (χ4n) is 4.78. The summed E-state index contributed by atoms with van der Waals surface area (Å²) < 4.78 is 10.2. The number of Topliss-reactive ketones (excluding diaryl/α,β-unsaturated/α-hetero) is 1. The second-order valence-electron chi connectivity index (χ2n) is 9.39. The predicted octanol–water partition coefficient (Wildman–Crippen LogP) is 5.31.